The average Bonchev–Trinajstić information content (AvgIpc) is 2.39. The summed E-state index contributed by atoms with van der Waals surface area (Å²) < 4.78 is 11.2. The highest BCUT2D eigenvalue weighted by Gasteiger charge is 2.14. The first-order valence-electron chi connectivity index (χ1n) is 6.40. The van der Waals surface area contributed by atoms with E-state index in [1.807, 2.05) is 37.3 Å². The van der Waals surface area contributed by atoms with Crippen LogP contribution in [0.3, 0.4) is 0 Å². The summed E-state index contributed by atoms with van der Waals surface area (Å²) in [7, 11) is -0.850. The first kappa shape index (κ1) is 15.9. The fourth-order valence-electron chi connectivity index (χ4n) is 1.66. The molecule has 0 aliphatic rings. The molecule has 5 heteroatoms. The van der Waals surface area contributed by atoms with Gasteiger partial charge in [0.1, 0.15) is 0 Å². The molecule has 106 valence electrons. The van der Waals surface area contributed by atoms with Crippen LogP contribution in [0.4, 0.5) is 0 Å². The first-order valence-corrected chi connectivity index (χ1v) is 8.02. The monoisotopic (exact) mass is 282 g/mol. The molecule has 3 N–H and O–H groups in total. The highest BCUT2D eigenvalue weighted by atomic mass is 32.2. The highest BCUT2D eigenvalue weighted by Crippen LogP contribution is 2.02. The molecule has 1 rings (SSSR count). The molecule has 3 atom stereocenters. The number of nitrogens with one attached hydrogen (secondary N) is 1. The molecule has 0 bridgehead atoms. The maximum atomic E-state index is 11.8. The van der Waals surface area contributed by atoms with Gasteiger partial charge in [-0.05, 0) is 18.4 Å². The lowest BCUT2D eigenvalue weighted by atomic mass is 10.1. The largest absolute Gasteiger partial charge is 0.355 e. The Bertz CT molecular complexity index is 423. The lowest BCUT2D eigenvalue weighted by Crippen LogP contribution is -2.42. The third-order valence-electron chi connectivity index (χ3n) is 3.05. The number of amides is 1. The Kier molecular flexibility index (Phi) is 6.73. The normalized spacial score (nSPS) is 15.5. The quantitative estimate of drug-likeness (QED) is 0.778. The lowest BCUT2D eigenvalue weighted by molar-refractivity contribution is -0.122. The van der Waals surface area contributed by atoms with E-state index in [0.29, 0.717) is 19.4 Å². The lowest BCUT2D eigenvalue weighted by Gasteiger charge is -2.13. The second-order valence-corrected chi connectivity index (χ2v) is 6.49. The molecule has 1 amide bonds. The number of carbonyl (C=O) groups excluding carboxylic acids is 1. The number of nitrogens with two attached hydrogens (primary N) is 1. The zero-order chi connectivity index (χ0) is 14.3. The minimum Gasteiger partial charge on any atom is -0.355 e. The van der Waals surface area contributed by atoms with Crippen LogP contribution in [-0.2, 0) is 22.0 Å². The van der Waals surface area contributed by atoms with Gasteiger partial charge in [-0.2, -0.15) is 0 Å². The molecule has 0 spiro atoms. The van der Waals surface area contributed by atoms with Crippen molar-refractivity contribution in [2.45, 2.75) is 31.1 Å². The van der Waals surface area contributed by atoms with E-state index >= 15 is 0 Å². The second-order valence-electron chi connectivity index (χ2n) is 4.69. The fraction of sp³-hybridized carbons (Fsp3) is 0.500. The van der Waals surface area contributed by atoms with Crippen LogP contribution in [-0.4, -0.2) is 34.2 Å². The van der Waals surface area contributed by atoms with Crippen LogP contribution in [0.2, 0.25) is 0 Å². The standard InChI is InChI=1S/C14H22N2O2S/c1-11(19(2)18)8-9-16-14(17)13(15)10-12-6-4-3-5-7-12/h3-7,11,13H,8-10,15H2,1-2H3,(H,16,17)/t11?,13-,19?/m1/s1. The van der Waals surface area contributed by atoms with E-state index in [9.17, 15) is 9.00 Å². The van der Waals surface area contributed by atoms with E-state index in [4.69, 9.17) is 5.73 Å². The maximum Gasteiger partial charge on any atom is 0.237 e. The van der Waals surface area contributed by atoms with Gasteiger partial charge >= 0.3 is 0 Å². The summed E-state index contributed by atoms with van der Waals surface area (Å²) in [5.41, 5.74) is 6.90. The van der Waals surface area contributed by atoms with Crippen molar-refractivity contribution in [1.82, 2.24) is 5.32 Å². The number of benzene rings is 1. The highest BCUT2D eigenvalue weighted by molar-refractivity contribution is 7.84. The van der Waals surface area contributed by atoms with Crippen molar-refractivity contribution >= 4 is 16.7 Å². The number of hydrogen-bond donors (Lipinski definition) is 2. The zero-order valence-electron chi connectivity index (χ0n) is 11.5. The summed E-state index contributed by atoms with van der Waals surface area (Å²) in [6.07, 6.45) is 2.91. The average molecular weight is 282 g/mol. The molecular formula is C14H22N2O2S. The molecule has 0 saturated carbocycles. The third kappa shape index (κ3) is 5.98. The molecule has 0 saturated heterocycles. The third-order valence-corrected chi connectivity index (χ3v) is 4.42. The Hall–Kier alpha value is -1.20. The van der Waals surface area contributed by atoms with Gasteiger partial charge in [0.25, 0.3) is 0 Å². The molecule has 19 heavy (non-hydrogen) atoms. The Morgan fingerprint density at radius 2 is 2.00 bits per heavy atom. The van der Waals surface area contributed by atoms with Crippen LogP contribution in [0, 0.1) is 0 Å². The minimum atomic E-state index is -0.850. The van der Waals surface area contributed by atoms with Crippen LogP contribution >= 0.6 is 0 Å². The predicted molar refractivity (Wildman–Crippen MR) is 79.3 cm³/mol. The van der Waals surface area contributed by atoms with Crippen molar-refractivity contribution in [3.8, 4) is 0 Å². The van der Waals surface area contributed by atoms with Crippen LogP contribution < -0.4 is 11.1 Å². The molecular weight excluding hydrogens is 260 g/mol. The summed E-state index contributed by atoms with van der Waals surface area (Å²) in [4.78, 5) is 11.8. The van der Waals surface area contributed by atoms with Gasteiger partial charge < -0.3 is 11.1 Å². The van der Waals surface area contributed by atoms with E-state index in [-0.39, 0.29) is 11.2 Å². The molecule has 0 radical (unpaired) electrons. The molecule has 0 fully saturated rings. The van der Waals surface area contributed by atoms with Gasteiger partial charge in [-0.1, -0.05) is 37.3 Å². The smallest absolute Gasteiger partial charge is 0.237 e. The number of rotatable bonds is 7. The molecule has 4 nitrogen and oxygen atoms in total. The number of carbonyl (C=O) groups is 1. The Morgan fingerprint density at radius 1 is 1.37 bits per heavy atom. The zero-order valence-corrected chi connectivity index (χ0v) is 12.3. The van der Waals surface area contributed by atoms with Gasteiger partial charge in [-0.25, -0.2) is 0 Å². The van der Waals surface area contributed by atoms with Gasteiger partial charge in [-0.3, -0.25) is 9.00 Å². The molecule has 1 aromatic carbocycles. The van der Waals surface area contributed by atoms with Crippen molar-refractivity contribution in [2.75, 3.05) is 12.8 Å². The van der Waals surface area contributed by atoms with Crippen molar-refractivity contribution in [3.63, 3.8) is 0 Å². The summed E-state index contributed by atoms with van der Waals surface area (Å²) >= 11 is 0. The maximum absolute atomic E-state index is 11.8. The van der Waals surface area contributed by atoms with Gasteiger partial charge in [0.05, 0.1) is 6.04 Å². The SMILES string of the molecule is CC(CCNC(=O)[C@H](N)Cc1ccccc1)S(C)=O. The molecule has 0 heterocycles. The van der Waals surface area contributed by atoms with E-state index in [1.165, 1.54) is 0 Å². The van der Waals surface area contributed by atoms with E-state index < -0.39 is 16.8 Å². The molecule has 1 aromatic rings. The number of hydrogen-bond acceptors (Lipinski definition) is 3. The summed E-state index contributed by atoms with van der Waals surface area (Å²) in [6.45, 7) is 2.42. The summed E-state index contributed by atoms with van der Waals surface area (Å²) in [5.74, 6) is -0.155. The Labute approximate surface area is 117 Å². The molecule has 2 unspecified atom stereocenters. The van der Waals surface area contributed by atoms with Gasteiger partial charge in [-0.15, -0.1) is 0 Å². The van der Waals surface area contributed by atoms with Crippen molar-refractivity contribution in [3.05, 3.63) is 35.9 Å². The molecule has 0 aliphatic heterocycles. The minimum absolute atomic E-state index is 0.0886. The van der Waals surface area contributed by atoms with E-state index in [2.05, 4.69) is 5.32 Å². The topological polar surface area (TPSA) is 72.2 Å². The Balaban J connectivity index is 2.31. The van der Waals surface area contributed by atoms with Crippen LogP contribution in [0.15, 0.2) is 30.3 Å². The van der Waals surface area contributed by atoms with Gasteiger partial charge in [0.2, 0.25) is 5.91 Å². The van der Waals surface area contributed by atoms with Crippen LogP contribution in [0.1, 0.15) is 18.9 Å². The van der Waals surface area contributed by atoms with E-state index in [0.717, 1.165) is 5.56 Å². The predicted octanol–water partition coefficient (Wildman–Crippen LogP) is 0.830. The van der Waals surface area contributed by atoms with Crippen LogP contribution in [0.25, 0.3) is 0 Å². The Morgan fingerprint density at radius 3 is 2.58 bits per heavy atom. The van der Waals surface area contributed by atoms with Gasteiger partial charge in [0.15, 0.2) is 0 Å². The van der Waals surface area contributed by atoms with Gasteiger partial charge in [0, 0.05) is 28.9 Å². The second kappa shape index (κ2) is 8.07. The molecule has 0 aromatic heterocycles. The van der Waals surface area contributed by atoms with Crippen LogP contribution in [0.5, 0.6) is 0 Å². The molecule has 0 aliphatic carbocycles. The van der Waals surface area contributed by atoms with Crippen molar-refractivity contribution < 1.29 is 9.00 Å². The summed E-state index contributed by atoms with van der Waals surface area (Å²) in [6, 6.07) is 9.16. The van der Waals surface area contributed by atoms with Crippen molar-refractivity contribution in [1.29, 1.82) is 0 Å². The summed E-state index contributed by atoms with van der Waals surface area (Å²) in [5, 5.41) is 2.88. The van der Waals surface area contributed by atoms with Crippen molar-refractivity contribution in [2.24, 2.45) is 5.73 Å². The van der Waals surface area contributed by atoms with E-state index in [1.54, 1.807) is 6.26 Å². The fourth-order valence-corrected chi connectivity index (χ4v) is 2.11. The first-order chi connectivity index (χ1) is 9.00.